The second-order valence-electron chi connectivity index (χ2n) is 4.97. The minimum Gasteiger partial charge on any atom is -0.396 e. The number of aromatic nitrogens is 5. The van der Waals surface area contributed by atoms with Crippen molar-refractivity contribution in [2.45, 2.75) is 20.4 Å². The van der Waals surface area contributed by atoms with Gasteiger partial charge < -0.3 is 10.6 Å². The van der Waals surface area contributed by atoms with E-state index in [0.717, 1.165) is 0 Å². The SMILES string of the molecule is Cc1nn(C(=O)Cn2ncc(NC(=O)N(C)C)n2)c(C)c1N. The number of aryl methyl sites for hydroxylation is 1. The summed E-state index contributed by atoms with van der Waals surface area (Å²) in [4.78, 5) is 26.2. The molecule has 0 fully saturated rings. The summed E-state index contributed by atoms with van der Waals surface area (Å²) < 4.78 is 1.23. The van der Waals surface area contributed by atoms with Gasteiger partial charge in [0.15, 0.2) is 5.82 Å². The average Bonchev–Trinajstić information content (AvgIpc) is 2.98. The minimum atomic E-state index is -0.329. The molecule has 0 aromatic carbocycles. The van der Waals surface area contributed by atoms with Crippen LogP contribution in [0.3, 0.4) is 0 Å². The number of nitrogens with one attached hydrogen (secondary N) is 1. The van der Waals surface area contributed by atoms with Crippen LogP contribution >= 0.6 is 0 Å². The fourth-order valence-electron chi connectivity index (χ4n) is 1.74. The number of anilines is 2. The molecule has 22 heavy (non-hydrogen) atoms. The molecule has 2 rings (SSSR count). The van der Waals surface area contributed by atoms with Crippen LogP contribution in [0.4, 0.5) is 16.3 Å². The lowest BCUT2D eigenvalue weighted by Crippen LogP contribution is -2.27. The van der Waals surface area contributed by atoms with Crippen LogP contribution in [0, 0.1) is 13.8 Å². The second-order valence-corrected chi connectivity index (χ2v) is 4.97. The number of nitrogens with two attached hydrogens (primary N) is 1. The molecule has 2 aromatic rings. The molecule has 0 atom stereocenters. The van der Waals surface area contributed by atoms with Crippen LogP contribution < -0.4 is 11.1 Å². The van der Waals surface area contributed by atoms with E-state index in [-0.39, 0.29) is 24.3 Å². The molecule has 2 amide bonds. The van der Waals surface area contributed by atoms with E-state index < -0.39 is 0 Å². The fraction of sp³-hybridized carbons (Fsp3) is 0.417. The van der Waals surface area contributed by atoms with Gasteiger partial charge in [-0.25, -0.2) is 9.48 Å². The van der Waals surface area contributed by atoms with Crippen LogP contribution in [-0.4, -0.2) is 55.7 Å². The molecule has 2 heterocycles. The summed E-state index contributed by atoms with van der Waals surface area (Å²) in [5.41, 5.74) is 7.46. The largest absolute Gasteiger partial charge is 0.396 e. The summed E-state index contributed by atoms with van der Waals surface area (Å²) in [6.07, 6.45) is 1.37. The molecule has 0 spiro atoms. The van der Waals surface area contributed by atoms with Gasteiger partial charge in [-0.2, -0.15) is 15.0 Å². The van der Waals surface area contributed by atoms with Crippen molar-refractivity contribution in [3.05, 3.63) is 17.6 Å². The van der Waals surface area contributed by atoms with Crippen molar-refractivity contribution in [1.29, 1.82) is 0 Å². The summed E-state index contributed by atoms with van der Waals surface area (Å²) in [6.45, 7) is 3.33. The zero-order valence-electron chi connectivity index (χ0n) is 12.9. The first kappa shape index (κ1) is 15.5. The van der Waals surface area contributed by atoms with Crippen molar-refractivity contribution in [3.8, 4) is 0 Å². The van der Waals surface area contributed by atoms with Gasteiger partial charge in [-0.3, -0.25) is 10.1 Å². The molecule has 2 aromatic heterocycles. The normalized spacial score (nSPS) is 10.5. The maximum Gasteiger partial charge on any atom is 0.322 e. The maximum absolute atomic E-state index is 12.2. The molecule has 10 heteroatoms. The van der Waals surface area contributed by atoms with Crippen LogP contribution in [0.5, 0.6) is 0 Å². The average molecular weight is 306 g/mol. The molecule has 118 valence electrons. The van der Waals surface area contributed by atoms with Gasteiger partial charge in [-0.1, -0.05) is 0 Å². The molecule has 0 aliphatic carbocycles. The van der Waals surface area contributed by atoms with Gasteiger partial charge >= 0.3 is 6.03 Å². The molecule has 0 aliphatic rings. The van der Waals surface area contributed by atoms with Gasteiger partial charge in [0.25, 0.3) is 5.91 Å². The summed E-state index contributed by atoms with van der Waals surface area (Å²) in [5.74, 6) is -0.0576. The van der Waals surface area contributed by atoms with Gasteiger partial charge in [0.1, 0.15) is 6.54 Å². The Bertz CT molecular complexity index is 715. The Hall–Kier alpha value is -2.91. The van der Waals surface area contributed by atoms with E-state index in [4.69, 9.17) is 5.73 Å². The first-order chi connectivity index (χ1) is 10.3. The van der Waals surface area contributed by atoms with Crippen LogP contribution in [0.15, 0.2) is 6.20 Å². The Balaban J connectivity index is 2.08. The third kappa shape index (κ3) is 3.05. The Morgan fingerprint density at radius 3 is 2.55 bits per heavy atom. The molecule has 0 radical (unpaired) electrons. The van der Waals surface area contributed by atoms with Crippen molar-refractivity contribution < 1.29 is 9.59 Å². The summed E-state index contributed by atoms with van der Waals surface area (Å²) in [7, 11) is 3.22. The predicted octanol–water partition coefficient (Wildman–Crippen LogP) is 0.108. The van der Waals surface area contributed by atoms with Crippen molar-refractivity contribution >= 4 is 23.4 Å². The standard InChI is InChI=1S/C12H18N8O2/c1-7-11(13)8(2)20(16-7)10(21)6-19-14-5-9(17-19)15-12(22)18(3)4/h5H,6,13H2,1-4H3,(H,15,17,22). The van der Waals surface area contributed by atoms with E-state index in [0.29, 0.717) is 17.1 Å². The van der Waals surface area contributed by atoms with Gasteiger partial charge in [0.2, 0.25) is 0 Å². The van der Waals surface area contributed by atoms with E-state index in [1.54, 1.807) is 27.9 Å². The zero-order valence-corrected chi connectivity index (χ0v) is 12.9. The van der Waals surface area contributed by atoms with Gasteiger partial charge in [-0.15, -0.1) is 5.10 Å². The highest BCUT2D eigenvalue weighted by atomic mass is 16.2. The second kappa shape index (κ2) is 5.84. The number of rotatable bonds is 3. The molecule has 0 saturated carbocycles. The van der Waals surface area contributed by atoms with Crippen molar-refractivity contribution in [3.63, 3.8) is 0 Å². The van der Waals surface area contributed by atoms with Crippen LogP contribution in [0.25, 0.3) is 0 Å². The highest BCUT2D eigenvalue weighted by Gasteiger charge is 2.16. The Labute approximate surface area is 126 Å². The van der Waals surface area contributed by atoms with Gasteiger partial charge in [-0.05, 0) is 13.8 Å². The number of hydrogen-bond acceptors (Lipinski definition) is 6. The lowest BCUT2D eigenvalue weighted by atomic mass is 10.3. The number of nitrogens with zero attached hydrogens (tertiary/aromatic N) is 6. The number of carbonyl (C=O) groups excluding carboxylic acids is 2. The van der Waals surface area contributed by atoms with E-state index in [1.165, 1.54) is 20.6 Å². The smallest absolute Gasteiger partial charge is 0.322 e. The highest BCUT2D eigenvalue weighted by Crippen LogP contribution is 2.14. The van der Waals surface area contributed by atoms with Crippen LogP contribution in [0.1, 0.15) is 16.2 Å². The van der Waals surface area contributed by atoms with E-state index in [2.05, 4.69) is 20.6 Å². The number of carbonyl (C=O) groups is 2. The van der Waals surface area contributed by atoms with Gasteiger partial charge in [0.05, 0.1) is 23.3 Å². The Kier molecular flexibility index (Phi) is 4.11. The molecular formula is C12H18N8O2. The quantitative estimate of drug-likeness (QED) is 0.829. The Morgan fingerprint density at radius 1 is 1.32 bits per heavy atom. The zero-order chi connectivity index (χ0) is 16.4. The highest BCUT2D eigenvalue weighted by molar-refractivity contribution is 5.87. The topological polar surface area (TPSA) is 124 Å². The maximum atomic E-state index is 12.2. The number of urea groups is 1. The predicted molar refractivity (Wildman–Crippen MR) is 79.5 cm³/mol. The third-order valence-corrected chi connectivity index (χ3v) is 3.04. The molecule has 3 N–H and O–H groups in total. The number of hydrogen-bond donors (Lipinski definition) is 2. The van der Waals surface area contributed by atoms with E-state index in [9.17, 15) is 9.59 Å². The first-order valence-electron chi connectivity index (χ1n) is 6.53. The van der Waals surface area contributed by atoms with Crippen molar-refractivity contribution in [2.75, 3.05) is 25.1 Å². The lowest BCUT2D eigenvalue weighted by molar-refractivity contribution is 0.0861. The minimum absolute atomic E-state index is 0.112. The van der Waals surface area contributed by atoms with Crippen molar-refractivity contribution in [1.82, 2.24) is 29.7 Å². The fourth-order valence-corrected chi connectivity index (χ4v) is 1.74. The summed E-state index contributed by atoms with van der Waals surface area (Å²) >= 11 is 0. The molecule has 10 nitrogen and oxygen atoms in total. The molecule has 0 unspecified atom stereocenters. The summed E-state index contributed by atoms with van der Waals surface area (Å²) in [5, 5.41) is 14.6. The third-order valence-electron chi connectivity index (χ3n) is 3.04. The first-order valence-corrected chi connectivity index (χ1v) is 6.53. The molecular weight excluding hydrogens is 288 g/mol. The number of amides is 2. The molecule has 0 aliphatic heterocycles. The molecule has 0 bridgehead atoms. The van der Waals surface area contributed by atoms with Crippen molar-refractivity contribution in [2.24, 2.45) is 0 Å². The Morgan fingerprint density at radius 2 is 2.00 bits per heavy atom. The lowest BCUT2D eigenvalue weighted by Gasteiger charge is -2.09. The monoisotopic (exact) mass is 306 g/mol. The molecule has 0 saturated heterocycles. The van der Waals surface area contributed by atoms with E-state index >= 15 is 0 Å². The number of nitrogen functional groups attached to an aromatic ring is 1. The van der Waals surface area contributed by atoms with Crippen LogP contribution in [0.2, 0.25) is 0 Å². The van der Waals surface area contributed by atoms with Gasteiger partial charge in [0, 0.05) is 14.1 Å². The van der Waals surface area contributed by atoms with Crippen LogP contribution in [-0.2, 0) is 6.54 Å². The summed E-state index contributed by atoms with van der Waals surface area (Å²) in [6, 6.07) is -0.329. The van der Waals surface area contributed by atoms with E-state index in [1.807, 2.05) is 0 Å².